The number of amides is 1. The summed E-state index contributed by atoms with van der Waals surface area (Å²) in [6.07, 6.45) is 2.03. The summed E-state index contributed by atoms with van der Waals surface area (Å²) in [5, 5.41) is 2.32. The number of alkyl halides is 2. The molecule has 0 aromatic rings. The lowest BCUT2D eigenvalue weighted by atomic mass is 10.2. The fraction of sp³-hybridized carbons (Fsp3) is 0.571. The quantitative estimate of drug-likeness (QED) is 0.306. The summed E-state index contributed by atoms with van der Waals surface area (Å²) in [5.41, 5.74) is -2.85. The maximum Gasteiger partial charge on any atom is 0.280 e. The first-order valence-corrected chi connectivity index (χ1v) is 4.09. The molecule has 1 N–H and O–H groups in total. The van der Waals surface area contributed by atoms with Gasteiger partial charge in [-0.2, -0.15) is 8.78 Å². The van der Waals surface area contributed by atoms with Gasteiger partial charge in [-0.15, -0.1) is 0 Å². The Morgan fingerprint density at radius 1 is 1.67 bits per heavy atom. The molecule has 0 saturated carbocycles. The Hall–Kier alpha value is -0.500. The fourth-order valence-corrected chi connectivity index (χ4v) is 1.08. The normalized spacial score (nSPS) is 12.8. The van der Waals surface area contributed by atoms with Crippen molar-refractivity contribution in [1.29, 1.82) is 0 Å². The van der Waals surface area contributed by atoms with Gasteiger partial charge in [-0.05, 0) is 18.9 Å². The van der Waals surface area contributed by atoms with Crippen LogP contribution in [0.4, 0.5) is 8.78 Å². The van der Waals surface area contributed by atoms with Crippen molar-refractivity contribution >= 4 is 15.6 Å². The van der Waals surface area contributed by atoms with Crippen LogP contribution in [0.2, 0.25) is 0 Å². The van der Waals surface area contributed by atoms with Crippen molar-refractivity contribution in [3.05, 3.63) is 11.6 Å². The Kier molecular flexibility index (Phi) is 4.98. The Balaban J connectivity index is 3.95. The van der Waals surface area contributed by atoms with Gasteiger partial charge in [-0.1, -0.05) is 15.3 Å². The van der Waals surface area contributed by atoms with Crippen LogP contribution in [0.5, 0.6) is 0 Å². The van der Waals surface area contributed by atoms with E-state index in [0.717, 1.165) is 0 Å². The van der Waals surface area contributed by atoms with Crippen LogP contribution in [-0.4, -0.2) is 18.6 Å². The molecule has 0 radical (unpaired) electrons. The average Bonchev–Trinajstić information content (AvgIpc) is 1.95. The summed E-state index contributed by atoms with van der Waals surface area (Å²) >= 11 is 0. The second kappa shape index (κ2) is 5.20. The van der Waals surface area contributed by atoms with Gasteiger partial charge in [0.25, 0.3) is 5.66 Å². The van der Waals surface area contributed by atoms with Crippen LogP contribution < -0.4 is 5.32 Å². The molecule has 1 unspecified atom stereocenters. The first kappa shape index (κ1) is 11.5. The molecule has 0 fully saturated rings. The maximum absolute atomic E-state index is 12.6. The minimum Gasteiger partial charge on any atom is -0.358 e. The van der Waals surface area contributed by atoms with Gasteiger partial charge >= 0.3 is 0 Å². The van der Waals surface area contributed by atoms with Crippen molar-refractivity contribution in [3.63, 3.8) is 0 Å². The molecule has 0 aliphatic heterocycles. The second-order valence-electron chi connectivity index (χ2n) is 2.26. The van der Waals surface area contributed by atoms with Gasteiger partial charge in [0.15, 0.2) is 0 Å². The zero-order chi connectivity index (χ0) is 9.61. The van der Waals surface area contributed by atoms with Gasteiger partial charge in [0, 0.05) is 6.54 Å². The van der Waals surface area contributed by atoms with Gasteiger partial charge in [0.2, 0.25) is 6.41 Å². The highest BCUT2D eigenvalue weighted by molar-refractivity contribution is 7.18. The van der Waals surface area contributed by atoms with Crippen LogP contribution in [0.1, 0.15) is 13.3 Å². The molecule has 1 amide bonds. The summed E-state index contributed by atoms with van der Waals surface area (Å²) in [5.74, 6) is 0. The van der Waals surface area contributed by atoms with E-state index in [1.54, 1.807) is 6.92 Å². The highest BCUT2D eigenvalue weighted by Crippen LogP contribution is 2.32. The molecule has 5 heteroatoms. The topological polar surface area (TPSA) is 29.1 Å². The van der Waals surface area contributed by atoms with Crippen LogP contribution in [0.15, 0.2) is 11.6 Å². The fourth-order valence-electron chi connectivity index (χ4n) is 0.769. The molecule has 0 heterocycles. The first-order valence-electron chi connectivity index (χ1n) is 3.51. The number of carbonyl (C=O) groups is 1. The molecule has 0 rings (SSSR count). The van der Waals surface area contributed by atoms with Crippen molar-refractivity contribution in [2.24, 2.45) is 0 Å². The lowest BCUT2D eigenvalue weighted by Gasteiger charge is -2.13. The number of hydrogen-bond acceptors (Lipinski definition) is 1. The molecule has 70 valence electrons. The summed E-state index contributed by atoms with van der Waals surface area (Å²) in [6.45, 7) is 1.79. The van der Waals surface area contributed by atoms with Gasteiger partial charge in [0.05, 0.1) is 0 Å². The van der Waals surface area contributed by atoms with E-state index in [9.17, 15) is 13.6 Å². The van der Waals surface area contributed by atoms with E-state index < -0.39 is 5.66 Å². The minimum atomic E-state index is -2.86. The summed E-state index contributed by atoms with van der Waals surface area (Å²) < 4.78 is 25.2. The molecule has 12 heavy (non-hydrogen) atoms. The van der Waals surface area contributed by atoms with Crippen molar-refractivity contribution in [1.82, 2.24) is 5.32 Å². The van der Waals surface area contributed by atoms with E-state index >= 15 is 0 Å². The highest BCUT2D eigenvalue weighted by Gasteiger charge is 2.25. The van der Waals surface area contributed by atoms with Crippen LogP contribution in [0, 0.1) is 0 Å². The Bertz CT molecular complexity index is 177. The van der Waals surface area contributed by atoms with E-state index in [4.69, 9.17) is 0 Å². The lowest BCUT2D eigenvalue weighted by Crippen LogP contribution is -2.17. The Morgan fingerprint density at radius 2 is 2.25 bits per heavy atom. The average molecular weight is 195 g/mol. The number of allylic oxidation sites excluding steroid dienone is 1. The summed E-state index contributed by atoms with van der Waals surface area (Å²) in [4.78, 5) is 9.80. The van der Waals surface area contributed by atoms with Gasteiger partial charge in [-0.25, -0.2) is 0 Å². The van der Waals surface area contributed by atoms with E-state index in [2.05, 4.69) is 5.32 Å². The molecule has 0 aliphatic rings. The predicted molar refractivity (Wildman–Crippen MR) is 47.1 cm³/mol. The third kappa shape index (κ3) is 4.39. The molecule has 2 nitrogen and oxygen atoms in total. The van der Waals surface area contributed by atoms with Crippen LogP contribution >= 0.6 is 9.24 Å². The first-order chi connectivity index (χ1) is 5.52. The SMILES string of the molecule is C/C=C(\CCNC=O)C(F)(F)P. The van der Waals surface area contributed by atoms with Gasteiger partial charge in [0.1, 0.15) is 0 Å². The van der Waals surface area contributed by atoms with E-state index in [1.165, 1.54) is 15.3 Å². The molecule has 0 aromatic carbocycles. The van der Waals surface area contributed by atoms with E-state index in [0.29, 0.717) is 6.41 Å². The standard InChI is InChI=1S/C7H12F2NOP/c1-2-6(7(8,9)12)3-4-10-5-11/h2,5H,3-4,12H2,1H3,(H,10,11)/b6-2+. The second-order valence-corrected chi connectivity index (χ2v) is 2.98. The Morgan fingerprint density at radius 3 is 2.58 bits per heavy atom. The maximum atomic E-state index is 12.6. The van der Waals surface area contributed by atoms with Crippen molar-refractivity contribution < 1.29 is 13.6 Å². The number of hydrogen-bond donors (Lipinski definition) is 1. The largest absolute Gasteiger partial charge is 0.358 e. The number of nitrogens with one attached hydrogen (secondary N) is 1. The van der Waals surface area contributed by atoms with Crippen LogP contribution in [0.25, 0.3) is 0 Å². The zero-order valence-corrected chi connectivity index (χ0v) is 7.97. The molecule has 0 bridgehead atoms. The molecule has 0 aliphatic carbocycles. The number of carbonyl (C=O) groups excluding carboxylic acids is 1. The van der Waals surface area contributed by atoms with Gasteiger partial charge in [-0.3, -0.25) is 4.79 Å². The minimum absolute atomic E-state index is 0.0156. The van der Waals surface area contributed by atoms with Crippen LogP contribution in [-0.2, 0) is 4.79 Å². The summed E-state index contributed by atoms with van der Waals surface area (Å²) in [7, 11) is 1.47. The number of halogens is 2. The van der Waals surface area contributed by atoms with E-state index in [-0.39, 0.29) is 18.5 Å². The molecule has 1 atom stereocenters. The molecular weight excluding hydrogens is 183 g/mol. The monoisotopic (exact) mass is 195 g/mol. The van der Waals surface area contributed by atoms with Crippen molar-refractivity contribution in [2.75, 3.05) is 6.54 Å². The number of rotatable bonds is 5. The van der Waals surface area contributed by atoms with Gasteiger partial charge < -0.3 is 5.32 Å². The smallest absolute Gasteiger partial charge is 0.280 e. The highest BCUT2D eigenvalue weighted by atomic mass is 31.0. The summed E-state index contributed by atoms with van der Waals surface area (Å²) in [6, 6.07) is 0. The van der Waals surface area contributed by atoms with Crippen molar-refractivity contribution in [2.45, 2.75) is 19.0 Å². The Labute approximate surface area is 72.6 Å². The third-order valence-corrected chi connectivity index (χ3v) is 1.77. The predicted octanol–water partition coefficient (Wildman–Crippen LogP) is 1.54. The molecule has 0 saturated heterocycles. The zero-order valence-electron chi connectivity index (χ0n) is 6.81. The molecule has 0 spiro atoms. The van der Waals surface area contributed by atoms with E-state index in [1.807, 2.05) is 0 Å². The van der Waals surface area contributed by atoms with Crippen molar-refractivity contribution in [3.8, 4) is 0 Å². The van der Waals surface area contributed by atoms with Crippen LogP contribution in [0.3, 0.4) is 0 Å². The molecule has 0 aromatic heterocycles. The molecular formula is C7H12F2NOP. The lowest BCUT2D eigenvalue weighted by molar-refractivity contribution is -0.109. The third-order valence-electron chi connectivity index (χ3n) is 1.40.